The van der Waals surface area contributed by atoms with E-state index in [0.717, 1.165) is 0 Å². The molecule has 10 heteroatoms. The zero-order chi connectivity index (χ0) is 16.3. The van der Waals surface area contributed by atoms with Crippen LogP contribution in [-0.4, -0.2) is 33.4 Å². The van der Waals surface area contributed by atoms with E-state index in [2.05, 4.69) is 53.1 Å². The van der Waals surface area contributed by atoms with Crippen LogP contribution < -0.4 is 5.32 Å². The third kappa shape index (κ3) is 4.90. The SMILES string of the molecule is O=C(O)CCNC(=O)C1=C(S(=O)(=O)C(Br)(Br)Br)CCC=C1. The van der Waals surface area contributed by atoms with Gasteiger partial charge in [-0.05, 0) is 60.6 Å². The van der Waals surface area contributed by atoms with Crippen molar-refractivity contribution in [3.63, 3.8) is 0 Å². The third-order valence-corrected chi connectivity index (χ3v) is 8.14. The number of aliphatic carboxylic acids is 1. The van der Waals surface area contributed by atoms with Crippen molar-refractivity contribution in [2.24, 2.45) is 0 Å². The first-order valence-electron chi connectivity index (χ1n) is 5.78. The quantitative estimate of drug-likeness (QED) is 0.554. The number of carbonyl (C=O) groups is 2. The number of carboxylic acid groups (broad SMARTS) is 1. The second-order valence-corrected chi connectivity index (χ2v) is 14.6. The number of allylic oxidation sites excluding steroid dienone is 2. The molecule has 0 saturated carbocycles. The lowest BCUT2D eigenvalue weighted by Gasteiger charge is -2.20. The number of rotatable bonds is 5. The average Bonchev–Trinajstić information content (AvgIpc) is 2.36. The zero-order valence-electron chi connectivity index (χ0n) is 10.6. The van der Waals surface area contributed by atoms with E-state index in [1.165, 1.54) is 6.08 Å². The molecule has 1 amide bonds. The van der Waals surface area contributed by atoms with Gasteiger partial charge < -0.3 is 10.4 Å². The summed E-state index contributed by atoms with van der Waals surface area (Å²) in [5.74, 6) is -1.65. The largest absolute Gasteiger partial charge is 0.481 e. The molecule has 1 rings (SSSR count). The summed E-state index contributed by atoms with van der Waals surface area (Å²) in [5.41, 5.74) is 0.0226. The Morgan fingerprint density at radius 1 is 1.33 bits per heavy atom. The molecule has 0 aromatic rings. The van der Waals surface area contributed by atoms with Gasteiger partial charge in [-0.25, -0.2) is 8.42 Å². The van der Waals surface area contributed by atoms with Crippen LogP contribution >= 0.6 is 47.8 Å². The molecule has 0 atom stereocenters. The molecule has 21 heavy (non-hydrogen) atoms. The average molecular weight is 510 g/mol. The fraction of sp³-hybridized carbons (Fsp3) is 0.455. The van der Waals surface area contributed by atoms with Crippen LogP contribution in [0.1, 0.15) is 19.3 Å². The van der Waals surface area contributed by atoms with E-state index in [1.54, 1.807) is 6.08 Å². The molecule has 2 N–H and O–H groups in total. The first-order valence-corrected chi connectivity index (χ1v) is 9.64. The first kappa shape index (κ1) is 18.9. The number of sulfone groups is 1. The molecule has 6 nitrogen and oxygen atoms in total. The van der Waals surface area contributed by atoms with E-state index in [9.17, 15) is 18.0 Å². The van der Waals surface area contributed by atoms with Crippen molar-refractivity contribution in [2.45, 2.75) is 20.7 Å². The summed E-state index contributed by atoms with van der Waals surface area (Å²) in [4.78, 5) is 22.4. The minimum absolute atomic E-state index is 0.0107. The monoisotopic (exact) mass is 507 g/mol. The van der Waals surface area contributed by atoms with Crippen LogP contribution in [-0.2, 0) is 19.4 Å². The fourth-order valence-electron chi connectivity index (χ4n) is 1.64. The van der Waals surface area contributed by atoms with E-state index in [1.807, 2.05) is 0 Å². The molecule has 0 fully saturated rings. The minimum Gasteiger partial charge on any atom is -0.481 e. The summed E-state index contributed by atoms with van der Waals surface area (Å²) < 4.78 is 23.2. The minimum atomic E-state index is -3.83. The van der Waals surface area contributed by atoms with Gasteiger partial charge in [0.05, 0.1) is 16.9 Å². The van der Waals surface area contributed by atoms with Crippen LogP contribution in [0.4, 0.5) is 0 Å². The van der Waals surface area contributed by atoms with Crippen molar-refractivity contribution >= 4 is 69.5 Å². The molecule has 0 saturated heterocycles. The maximum Gasteiger partial charge on any atom is 0.305 e. The summed E-state index contributed by atoms with van der Waals surface area (Å²) in [6.07, 6.45) is 3.60. The Kier molecular flexibility index (Phi) is 6.63. The van der Waals surface area contributed by atoms with Gasteiger partial charge in [0.25, 0.3) is 5.91 Å². The predicted octanol–water partition coefficient (Wildman–Crippen LogP) is 2.39. The molecule has 0 aromatic carbocycles. The molecule has 0 bridgehead atoms. The van der Waals surface area contributed by atoms with Gasteiger partial charge in [0.15, 0.2) is 0 Å². The fourth-order valence-corrected chi connectivity index (χ4v) is 4.52. The van der Waals surface area contributed by atoms with Gasteiger partial charge in [-0.2, -0.15) is 0 Å². The molecular weight excluding hydrogens is 498 g/mol. The molecule has 0 heterocycles. The van der Waals surface area contributed by atoms with Gasteiger partial charge in [0.2, 0.25) is 11.3 Å². The van der Waals surface area contributed by atoms with Gasteiger partial charge >= 0.3 is 5.97 Å². The molecular formula is C11H12Br3NO5S. The summed E-state index contributed by atoms with van der Waals surface area (Å²) in [7, 11) is -3.83. The first-order chi connectivity index (χ1) is 9.57. The topological polar surface area (TPSA) is 101 Å². The van der Waals surface area contributed by atoms with E-state index in [0.29, 0.717) is 6.42 Å². The normalized spacial score (nSPS) is 16.0. The number of hydrogen-bond donors (Lipinski definition) is 2. The lowest BCUT2D eigenvalue weighted by Crippen LogP contribution is -2.31. The zero-order valence-corrected chi connectivity index (χ0v) is 16.2. The highest BCUT2D eigenvalue weighted by atomic mass is 80.0. The molecule has 0 aromatic heterocycles. The smallest absolute Gasteiger partial charge is 0.305 e. The Bertz CT molecular complexity index is 604. The molecule has 1 aliphatic rings. The second-order valence-electron chi connectivity index (χ2n) is 4.13. The number of halogens is 3. The molecule has 0 radical (unpaired) electrons. The lowest BCUT2D eigenvalue weighted by atomic mass is 10.1. The summed E-state index contributed by atoms with van der Waals surface area (Å²) in [6, 6.07) is 0. The Balaban J connectivity index is 3.07. The Labute approximate surface area is 147 Å². The van der Waals surface area contributed by atoms with Gasteiger partial charge in [-0.3, -0.25) is 9.59 Å². The van der Waals surface area contributed by atoms with Gasteiger partial charge in [0.1, 0.15) is 0 Å². The predicted molar refractivity (Wildman–Crippen MR) is 89.1 cm³/mol. The van der Waals surface area contributed by atoms with Crippen molar-refractivity contribution in [1.82, 2.24) is 5.32 Å². The molecule has 0 unspecified atom stereocenters. The van der Waals surface area contributed by atoms with E-state index in [-0.39, 0.29) is 29.9 Å². The number of amides is 1. The second kappa shape index (κ2) is 7.38. The van der Waals surface area contributed by atoms with Crippen LogP contribution in [0.5, 0.6) is 0 Å². The number of carboxylic acids is 1. The van der Waals surface area contributed by atoms with Crippen LogP contribution in [0.15, 0.2) is 22.6 Å². The Hall–Kier alpha value is -0.190. The van der Waals surface area contributed by atoms with E-state index < -0.39 is 23.2 Å². The van der Waals surface area contributed by atoms with Crippen molar-refractivity contribution < 1.29 is 23.1 Å². The molecule has 0 spiro atoms. The van der Waals surface area contributed by atoms with Gasteiger partial charge in [-0.15, -0.1) is 0 Å². The maximum absolute atomic E-state index is 12.4. The third-order valence-electron chi connectivity index (χ3n) is 2.62. The number of hydrogen-bond acceptors (Lipinski definition) is 4. The number of nitrogens with one attached hydrogen (secondary N) is 1. The van der Waals surface area contributed by atoms with Crippen molar-refractivity contribution in [2.75, 3.05) is 6.54 Å². The highest BCUT2D eigenvalue weighted by Gasteiger charge is 2.41. The van der Waals surface area contributed by atoms with E-state index >= 15 is 0 Å². The van der Waals surface area contributed by atoms with Gasteiger partial charge in [0, 0.05) is 6.54 Å². The summed E-state index contributed by atoms with van der Waals surface area (Å²) in [6.45, 7) is -0.0685. The summed E-state index contributed by atoms with van der Waals surface area (Å²) >= 11 is 8.88. The van der Waals surface area contributed by atoms with E-state index in [4.69, 9.17) is 5.11 Å². The van der Waals surface area contributed by atoms with Gasteiger partial charge in [-0.1, -0.05) is 12.2 Å². The van der Waals surface area contributed by atoms with Crippen LogP contribution in [0.2, 0.25) is 0 Å². The molecule has 118 valence electrons. The van der Waals surface area contributed by atoms with Crippen molar-refractivity contribution in [3.05, 3.63) is 22.6 Å². The standard InChI is InChI=1S/C11H12Br3NO5S/c12-11(13,14)21(19,20)8-4-2-1-3-7(8)10(18)15-6-5-9(16)17/h1,3H,2,4-6H2,(H,15,18)(H,16,17). The molecule has 0 aliphatic heterocycles. The Morgan fingerprint density at radius 2 is 1.95 bits per heavy atom. The highest BCUT2D eigenvalue weighted by Crippen LogP contribution is 2.45. The highest BCUT2D eigenvalue weighted by molar-refractivity contribution is 9.42. The van der Waals surface area contributed by atoms with Crippen LogP contribution in [0, 0.1) is 0 Å². The van der Waals surface area contributed by atoms with Crippen LogP contribution in [0.3, 0.4) is 0 Å². The lowest BCUT2D eigenvalue weighted by molar-refractivity contribution is -0.136. The number of carbonyl (C=O) groups excluding carboxylic acids is 1. The summed E-state index contributed by atoms with van der Waals surface area (Å²) in [5, 5.41) is 10.9. The van der Waals surface area contributed by atoms with Crippen LogP contribution in [0.25, 0.3) is 0 Å². The van der Waals surface area contributed by atoms with Crippen molar-refractivity contribution in [1.29, 1.82) is 0 Å². The van der Waals surface area contributed by atoms with Crippen molar-refractivity contribution in [3.8, 4) is 0 Å². The Morgan fingerprint density at radius 3 is 2.48 bits per heavy atom. The maximum atomic E-state index is 12.4. The number of alkyl halides is 3. The molecule has 1 aliphatic carbocycles.